The molecule has 0 aliphatic rings. The molecule has 3 rings (SSSR count). The van der Waals surface area contributed by atoms with Crippen molar-refractivity contribution in [1.82, 2.24) is 0 Å². The van der Waals surface area contributed by atoms with E-state index in [0.717, 1.165) is 16.8 Å². The van der Waals surface area contributed by atoms with E-state index in [1.807, 2.05) is 36.4 Å². The summed E-state index contributed by atoms with van der Waals surface area (Å²) in [5.74, 6) is 1.42. The van der Waals surface area contributed by atoms with E-state index in [1.54, 1.807) is 45.6 Å². The van der Waals surface area contributed by atoms with Crippen molar-refractivity contribution in [2.45, 2.75) is 6.54 Å². The molecule has 0 aromatic heterocycles. The summed E-state index contributed by atoms with van der Waals surface area (Å²) >= 11 is 0. The second kappa shape index (κ2) is 10.8. The van der Waals surface area contributed by atoms with Crippen LogP contribution in [-0.2, 0) is 11.3 Å². The molecule has 3 aromatic rings. The van der Waals surface area contributed by atoms with E-state index in [4.69, 9.17) is 25.7 Å². The highest BCUT2D eigenvalue weighted by Gasteiger charge is 2.13. The quantitative estimate of drug-likeness (QED) is 0.287. The number of anilines is 4. The van der Waals surface area contributed by atoms with Gasteiger partial charge >= 0.3 is 0 Å². The van der Waals surface area contributed by atoms with Gasteiger partial charge in [-0.15, -0.1) is 0 Å². The highest BCUT2D eigenvalue weighted by Crippen LogP contribution is 2.40. The first-order valence-electron chi connectivity index (χ1n) is 10.2. The van der Waals surface area contributed by atoms with Crippen molar-refractivity contribution in [3.8, 4) is 17.2 Å². The van der Waals surface area contributed by atoms with E-state index < -0.39 is 0 Å². The van der Waals surface area contributed by atoms with Gasteiger partial charge in [0.2, 0.25) is 11.7 Å². The van der Waals surface area contributed by atoms with E-state index >= 15 is 0 Å². The van der Waals surface area contributed by atoms with Gasteiger partial charge in [0.25, 0.3) is 0 Å². The second-order valence-corrected chi connectivity index (χ2v) is 7.14. The largest absolute Gasteiger partial charge is 0.493 e. The third-order valence-electron chi connectivity index (χ3n) is 4.97. The third kappa shape index (κ3) is 5.88. The van der Waals surface area contributed by atoms with Gasteiger partial charge in [-0.25, -0.2) is 0 Å². The molecule has 3 aromatic carbocycles. The van der Waals surface area contributed by atoms with Crippen LogP contribution in [0.25, 0.3) is 6.08 Å². The zero-order valence-corrected chi connectivity index (χ0v) is 18.8. The van der Waals surface area contributed by atoms with Gasteiger partial charge in [-0.1, -0.05) is 30.3 Å². The molecule has 1 amide bonds. The van der Waals surface area contributed by atoms with E-state index in [9.17, 15) is 4.79 Å². The molecule has 8 heteroatoms. The minimum absolute atomic E-state index is 0.291. The van der Waals surface area contributed by atoms with Crippen LogP contribution in [0.2, 0.25) is 0 Å². The number of rotatable bonds is 9. The van der Waals surface area contributed by atoms with Gasteiger partial charge in [-0.2, -0.15) is 0 Å². The molecule has 0 heterocycles. The smallest absolute Gasteiger partial charge is 0.248 e. The lowest BCUT2D eigenvalue weighted by atomic mass is 10.1. The number of carbonyl (C=O) groups excluding carboxylic acids is 1. The number of hydrogen-bond donors (Lipinski definition) is 4. The molecule has 0 saturated carbocycles. The van der Waals surface area contributed by atoms with Crippen LogP contribution < -0.4 is 36.3 Å². The molecule has 0 spiro atoms. The Hall–Kier alpha value is -4.33. The molecule has 0 fully saturated rings. The monoisotopic (exact) mass is 448 g/mol. The highest BCUT2D eigenvalue weighted by molar-refractivity contribution is 6.04. The molecule has 172 valence electrons. The van der Waals surface area contributed by atoms with Crippen molar-refractivity contribution in [2.75, 3.05) is 43.4 Å². The van der Waals surface area contributed by atoms with Crippen molar-refractivity contribution in [2.24, 2.45) is 0 Å². The molecule has 33 heavy (non-hydrogen) atoms. The van der Waals surface area contributed by atoms with Gasteiger partial charge in [0, 0.05) is 30.4 Å². The molecule has 0 radical (unpaired) electrons. The van der Waals surface area contributed by atoms with E-state index in [-0.39, 0.29) is 5.91 Å². The number of benzene rings is 3. The Kier molecular flexibility index (Phi) is 7.64. The van der Waals surface area contributed by atoms with Crippen LogP contribution in [-0.4, -0.2) is 27.2 Å². The highest BCUT2D eigenvalue weighted by atomic mass is 16.5. The number of para-hydroxylation sites is 1. The van der Waals surface area contributed by atoms with Gasteiger partial charge in [-0.3, -0.25) is 4.79 Å². The Balaban J connectivity index is 1.60. The topological polar surface area (TPSA) is 121 Å². The summed E-state index contributed by atoms with van der Waals surface area (Å²) in [6.45, 7) is 0.595. The van der Waals surface area contributed by atoms with E-state index in [0.29, 0.717) is 40.9 Å². The molecule has 6 N–H and O–H groups in total. The number of nitrogen functional groups attached to an aromatic ring is 2. The minimum atomic E-state index is -0.291. The Labute approximate surface area is 193 Å². The summed E-state index contributed by atoms with van der Waals surface area (Å²) in [5, 5.41) is 6.08. The SMILES string of the molecule is COc1cc(NCc2ccc(C=CC(=O)Nc3cccc(N)c3N)cc2)cc(OC)c1OC. The maximum Gasteiger partial charge on any atom is 0.248 e. The van der Waals surface area contributed by atoms with Crippen LogP contribution in [0.4, 0.5) is 22.7 Å². The summed E-state index contributed by atoms with van der Waals surface area (Å²) in [7, 11) is 4.73. The van der Waals surface area contributed by atoms with Gasteiger partial charge in [0.05, 0.1) is 38.4 Å². The predicted molar refractivity (Wildman–Crippen MR) is 133 cm³/mol. The van der Waals surface area contributed by atoms with Crippen molar-refractivity contribution in [1.29, 1.82) is 0 Å². The van der Waals surface area contributed by atoms with Gasteiger partial charge in [-0.05, 0) is 29.3 Å². The Morgan fingerprint density at radius 3 is 2.21 bits per heavy atom. The van der Waals surface area contributed by atoms with Crippen LogP contribution in [0.3, 0.4) is 0 Å². The van der Waals surface area contributed by atoms with Crippen molar-refractivity contribution in [3.05, 3.63) is 71.8 Å². The number of nitrogens with two attached hydrogens (primary N) is 2. The fourth-order valence-corrected chi connectivity index (χ4v) is 3.17. The van der Waals surface area contributed by atoms with Crippen molar-refractivity contribution < 1.29 is 19.0 Å². The van der Waals surface area contributed by atoms with Crippen molar-refractivity contribution in [3.63, 3.8) is 0 Å². The molecule has 0 bridgehead atoms. The van der Waals surface area contributed by atoms with E-state index in [1.165, 1.54) is 6.08 Å². The van der Waals surface area contributed by atoms with E-state index in [2.05, 4.69) is 10.6 Å². The molecule has 0 unspecified atom stereocenters. The Morgan fingerprint density at radius 2 is 1.61 bits per heavy atom. The first-order valence-corrected chi connectivity index (χ1v) is 10.2. The van der Waals surface area contributed by atoms with Crippen LogP contribution in [0, 0.1) is 0 Å². The second-order valence-electron chi connectivity index (χ2n) is 7.14. The molecule has 8 nitrogen and oxygen atoms in total. The maximum absolute atomic E-state index is 12.2. The first-order chi connectivity index (χ1) is 15.9. The van der Waals surface area contributed by atoms with Crippen LogP contribution in [0.5, 0.6) is 17.2 Å². The Morgan fingerprint density at radius 1 is 0.939 bits per heavy atom. The van der Waals surface area contributed by atoms with Gasteiger partial charge in [0.1, 0.15) is 0 Å². The minimum Gasteiger partial charge on any atom is -0.493 e. The number of nitrogens with one attached hydrogen (secondary N) is 2. The standard InChI is InChI=1S/C25H28N4O4/c1-31-21-13-18(14-22(32-2)25(21)33-3)28-15-17-9-7-16(8-10-17)11-12-23(30)29-20-6-4-5-19(26)24(20)27/h4-14,28H,15,26-27H2,1-3H3,(H,29,30). The molecular weight excluding hydrogens is 420 g/mol. The van der Waals surface area contributed by atoms with Crippen molar-refractivity contribution >= 4 is 34.7 Å². The van der Waals surface area contributed by atoms with Crippen LogP contribution in [0.15, 0.2) is 60.7 Å². The number of methoxy groups -OCH3 is 3. The summed E-state index contributed by atoms with van der Waals surface area (Å²) < 4.78 is 16.1. The molecular formula is C25H28N4O4. The molecule has 0 aliphatic carbocycles. The van der Waals surface area contributed by atoms with Gasteiger partial charge < -0.3 is 36.3 Å². The summed E-state index contributed by atoms with van der Waals surface area (Å²) in [6, 6.07) is 16.7. The number of hydrogen-bond acceptors (Lipinski definition) is 7. The average molecular weight is 449 g/mol. The summed E-state index contributed by atoms with van der Waals surface area (Å²) in [5.41, 5.74) is 15.7. The fourth-order valence-electron chi connectivity index (χ4n) is 3.17. The number of carbonyl (C=O) groups is 1. The predicted octanol–water partition coefficient (Wildman–Crippen LogP) is 4.14. The van der Waals surface area contributed by atoms with Crippen LogP contribution >= 0.6 is 0 Å². The number of ether oxygens (including phenoxy) is 3. The molecule has 0 atom stereocenters. The fraction of sp³-hybridized carbons (Fsp3) is 0.160. The summed E-state index contributed by atoms with van der Waals surface area (Å²) in [6.07, 6.45) is 3.18. The normalized spacial score (nSPS) is 10.6. The lowest BCUT2D eigenvalue weighted by Crippen LogP contribution is -2.10. The van der Waals surface area contributed by atoms with Crippen LogP contribution in [0.1, 0.15) is 11.1 Å². The zero-order valence-electron chi connectivity index (χ0n) is 18.8. The zero-order chi connectivity index (χ0) is 23.8. The maximum atomic E-state index is 12.2. The molecule has 0 aliphatic heterocycles. The Bertz CT molecular complexity index is 1120. The first kappa shape index (κ1) is 23.3. The van der Waals surface area contributed by atoms with Gasteiger partial charge in [0.15, 0.2) is 11.5 Å². The number of amides is 1. The molecule has 0 saturated heterocycles. The summed E-state index contributed by atoms with van der Waals surface area (Å²) in [4.78, 5) is 12.2. The average Bonchev–Trinajstić information content (AvgIpc) is 2.84. The lowest BCUT2D eigenvalue weighted by molar-refractivity contribution is -0.111. The third-order valence-corrected chi connectivity index (χ3v) is 4.97. The lowest BCUT2D eigenvalue weighted by Gasteiger charge is -2.15.